The lowest BCUT2D eigenvalue weighted by molar-refractivity contribution is -0.139. The Labute approximate surface area is 216 Å². The van der Waals surface area contributed by atoms with Gasteiger partial charge in [-0.2, -0.15) is 13.2 Å². The Kier molecular flexibility index (Phi) is 6.63. The van der Waals surface area contributed by atoms with Crippen molar-refractivity contribution in [2.24, 2.45) is 5.92 Å². The molecule has 0 saturated heterocycles. The maximum Gasteiger partial charge on any atom is 0.416 e. The van der Waals surface area contributed by atoms with Crippen LogP contribution in [-0.4, -0.2) is 35.5 Å². The molecule has 1 aliphatic heterocycles. The summed E-state index contributed by atoms with van der Waals surface area (Å²) in [5.74, 6) is -2.25. The lowest BCUT2D eigenvalue weighted by Crippen LogP contribution is -2.38. The molecule has 198 valence electrons. The van der Waals surface area contributed by atoms with Crippen molar-refractivity contribution in [3.8, 4) is 16.9 Å². The second kappa shape index (κ2) is 9.78. The SMILES string of the molecule is COc1ccc(CC(=O)O)cc1-c1ccc(F)c2c1CN(C(=O)[C@@H]1C[C@H]1c1ccccc1C(F)(F)F)CC2. The molecule has 1 saturated carbocycles. The molecule has 1 N–H and O–H groups in total. The van der Waals surface area contributed by atoms with E-state index in [4.69, 9.17) is 4.74 Å². The molecule has 2 aliphatic rings. The van der Waals surface area contributed by atoms with Crippen LogP contribution in [0.3, 0.4) is 0 Å². The topological polar surface area (TPSA) is 66.8 Å². The van der Waals surface area contributed by atoms with Gasteiger partial charge in [0.25, 0.3) is 0 Å². The van der Waals surface area contributed by atoms with Crippen LogP contribution in [0.15, 0.2) is 54.6 Å². The normalized spacial score (nSPS) is 18.6. The number of halogens is 4. The van der Waals surface area contributed by atoms with Gasteiger partial charge in [0.2, 0.25) is 5.91 Å². The molecule has 9 heteroatoms. The minimum atomic E-state index is -4.50. The zero-order valence-electron chi connectivity index (χ0n) is 20.5. The van der Waals surface area contributed by atoms with Gasteiger partial charge in [0.15, 0.2) is 0 Å². The molecule has 5 nitrogen and oxygen atoms in total. The standard InChI is InChI=1S/C29H25F4NO4/c1-38-26-9-6-16(13-27(35)36)12-21(26)17-7-8-25(30)19-10-11-34(15-23(17)19)28(37)22-14-20(22)18-4-2-3-5-24(18)29(31,32)33/h2-9,12,20,22H,10-11,13-15H2,1H3,(H,35,36)/t20-,22+/m0/s1. The fourth-order valence-electron chi connectivity index (χ4n) is 5.45. The summed E-state index contributed by atoms with van der Waals surface area (Å²) < 4.78 is 60.9. The van der Waals surface area contributed by atoms with Gasteiger partial charge >= 0.3 is 12.1 Å². The quantitative estimate of drug-likeness (QED) is 0.410. The van der Waals surface area contributed by atoms with Crippen molar-refractivity contribution in [1.82, 2.24) is 4.90 Å². The van der Waals surface area contributed by atoms with Crippen molar-refractivity contribution < 1.29 is 37.0 Å². The number of carbonyl (C=O) groups excluding carboxylic acids is 1. The summed E-state index contributed by atoms with van der Waals surface area (Å²) in [7, 11) is 1.48. The number of carbonyl (C=O) groups is 2. The molecule has 0 aromatic heterocycles. The van der Waals surface area contributed by atoms with Gasteiger partial charge in [0, 0.05) is 24.6 Å². The van der Waals surface area contributed by atoms with E-state index in [1.165, 1.54) is 25.3 Å². The van der Waals surface area contributed by atoms with Crippen LogP contribution >= 0.6 is 0 Å². The number of benzene rings is 3. The number of carboxylic acid groups (broad SMARTS) is 1. The average molecular weight is 528 g/mol. The highest BCUT2D eigenvalue weighted by Crippen LogP contribution is 2.52. The first-order chi connectivity index (χ1) is 18.1. The third-order valence-corrected chi connectivity index (χ3v) is 7.35. The van der Waals surface area contributed by atoms with E-state index >= 15 is 0 Å². The van der Waals surface area contributed by atoms with Crippen LogP contribution in [-0.2, 0) is 35.2 Å². The molecule has 3 aromatic carbocycles. The largest absolute Gasteiger partial charge is 0.496 e. The van der Waals surface area contributed by atoms with Crippen molar-refractivity contribution in [3.63, 3.8) is 0 Å². The highest BCUT2D eigenvalue weighted by Gasteiger charge is 2.49. The lowest BCUT2D eigenvalue weighted by Gasteiger charge is -2.31. The summed E-state index contributed by atoms with van der Waals surface area (Å²) in [5, 5.41) is 9.22. The van der Waals surface area contributed by atoms with E-state index in [0.29, 0.717) is 40.0 Å². The predicted octanol–water partition coefficient (Wildman–Crippen LogP) is 5.84. The molecular formula is C29H25F4NO4. The molecule has 1 fully saturated rings. The van der Waals surface area contributed by atoms with Gasteiger partial charge in [-0.05, 0) is 70.8 Å². The number of fused-ring (bicyclic) bond motifs is 1. The number of alkyl halides is 3. The molecule has 0 unspecified atom stereocenters. The third kappa shape index (κ3) is 4.85. The van der Waals surface area contributed by atoms with Crippen LogP contribution in [0.5, 0.6) is 5.75 Å². The van der Waals surface area contributed by atoms with E-state index < -0.39 is 35.4 Å². The van der Waals surface area contributed by atoms with Crippen LogP contribution < -0.4 is 4.74 Å². The Balaban J connectivity index is 1.44. The van der Waals surface area contributed by atoms with Gasteiger partial charge in [-0.3, -0.25) is 9.59 Å². The predicted molar refractivity (Wildman–Crippen MR) is 131 cm³/mol. The minimum Gasteiger partial charge on any atom is -0.496 e. The van der Waals surface area contributed by atoms with Gasteiger partial charge < -0.3 is 14.7 Å². The van der Waals surface area contributed by atoms with Crippen LogP contribution in [0.1, 0.15) is 40.2 Å². The lowest BCUT2D eigenvalue weighted by atomic mass is 9.89. The number of nitrogens with zero attached hydrogens (tertiary/aromatic N) is 1. The third-order valence-electron chi connectivity index (χ3n) is 7.35. The molecule has 0 radical (unpaired) electrons. The first kappa shape index (κ1) is 25.8. The monoisotopic (exact) mass is 527 g/mol. The average Bonchev–Trinajstić information content (AvgIpc) is 3.68. The Morgan fingerprint density at radius 1 is 1.05 bits per heavy atom. The number of rotatable bonds is 6. The molecule has 38 heavy (non-hydrogen) atoms. The van der Waals surface area contributed by atoms with Gasteiger partial charge in [-0.15, -0.1) is 0 Å². The van der Waals surface area contributed by atoms with Crippen molar-refractivity contribution >= 4 is 11.9 Å². The maximum absolute atomic E-state index is 14.8. The number of carboxylic acids is 1. The second-order valence-corrected chi connectivity index (χ2v) is 9.70. The van der Waals surface area contributed by atoms with Crippen LogP contribution in [0.25, 0.3) is 11.1 Å². The molecule has 3 aromatic rings. The van der Waals surface area contributed by atoms with Gasteiger partial charge in [-0.1, -0.05) is 30.3 Å². The summed E-state index contributed by atoms with van der Waals surface area (Å²) in [6.07, 6.45) is -4.12. The summed E-state index contributed by atoms with van der Waals surface area (Å²) >= 11 is 0. The number of hydrogen-bond donors (Lipinski definition) is 1. The zero-order chi connectivity index (χ0) is 27.2. The van der Waals surface area contributed by atoms with E-state index in [9.17, 15) is 32.3 Å². The fourth-order valence-corrected chi connectivity index (χ4v) is 5.45. The fraction of sp³-hybridized carbons (Fsp3) is 0.310. The number of aliphatic carboxylic acids is 1. The van der Waals surface area contributed by atoms with Crippen molar-refractivity contribution in [1.29, 1.82) is 0 Å². The highest BCUT2D eigenvalue weighted by molar-refractivity contribution is 5.84. The van der Waals surface area contributed by atoms with E-state index in [0.717, 1.165) is 6.07 Å². The Hall–Kier alpha value is -3.88. The summed E-state index contributed by atoms with van der Waals surface area (Å²) in [5.41, 5.74) is 2.21. The van der Waals surface area contributed by atoms with E-state index in [-0.39, 0.29) is 37.4 Å². The molecule has 5 rings (SSSR count). The van der Waals surface area contributed by atoms with Crippen molar-refractivity contribution in [3.05, 3.63) is 88.2 Å². The summed E-state index contributed by atoms with van der Waals surface area (Å²) in [4.78, 5) is 26.2. The molecule has 0 bridgehead atoms. The Morgan fingerprint density at radius 2 is 1.82 bits per heavy atom. The van der Waals surface area contributed by atoms with E-state index in [1.54, 1.807) is 35.2 Å². The Bertz CT molecular complexity index is 1420. The molecule has 1 amide bonds. The summed E-state index contributed by atoms with van der Waals surface area (Å²) in [6, 6.07) is 13.3. The smallest absolute Gasteiger partial charge is 0.416 e. The number of methoxy groups -OCH3 is 1. The number of amides is 1. The summed E-state index contributed by atoms with van der Waals surface area (Å²) in [6.45, 7) is 0.351. The van der Waals surface area contributed by atoms with E-state index in [2.05, 4.69) is 0 Å². The van der Waals surface area contributed by atoms with Gasteiger partial charge in [0.1, 0.15) is 11.6 Å². The second-order valence-electron chi connectivity index (χ2n) is 9.70. The zero-order valence-corrected chi connectivity index (χ0v) is 20.5. The number of hydrogen-bond acceptors (Lipinski definition) is 3. The maximum atomic E-state index is 14.8. The molecular weight excluding hydrogens is 502 g/mol. The van der Waals surface area contributed by atoms with Crippen molar-refractivity contribution in [2.75, 3.05) is 13.7 Å². The molecule has 2 atom stereocenters. The van der Waals surface area contributed by atoms with Crippen LogP contribution in [0.4, 0.5) is 17.6 Å². The molecule has 1 heterocycles. The van der Waals surface area contributed by atoms with Crippen LogP contribution in [0, 0.1) is 11.7 Å². The van der Waals surface area contributed by atoms with Gasteiger partial charge in [-0.25, -0.2) is 4.39 Å². The van der Waals surface area contributed by atoms with Crippen LogP contribution in [0.2, 0.25) is 0 Å². The molecule has 0 spiro atoms. The molecule has 1 aliphatic carbocycles. The first-order valence-electron chi connectivity index (χ1n) is 12.2. The first-order valence-corrected chi connectivity index (χ1v) is 12.2. The number of ether oxygens (including phenoxy) is 1. The highest BCUT2D eigenvalue weighted by atomic mass is 19.4. The Morgan fingerprint density at radius 3 is 2.53 bits per heavy atom. The van der Waals surface area contributed by atoms with E-state index in [1.807, 2.05) is 0 Å². The van der Waals surface area contributed by atoms with Crippen molar-refractivity contribution in [2.45, 2.75) is 37.9 Å². The van der Waals surface area contributed by atoms with Gasteiger partial charge in [0.05, 0.1) is 19.1 Å². The minimum absolute atomic E-state index is 0.0950.